The van der Waals surface area contributed by atoms with Crippen LogP contribution in [0.15, 0.2) is 42.6 Å². The number of ether oxygens (including phenoxy) is 1. The minimum absolute atomic E-state index is 0.215. The number of aromatic nitrogens is 1. The number of benzene rings is 1. The van der Waals surface area contributed by atoms with Crippen molar-refractivity contribution in [3.05, 3.63) is 59.4 Å². The Morgan fingerprint density at radius 3 is 2.35 bits per heavy atom. The Morgan fingerprint density at radius 2 is 1.83 bits per heavy atom. The Bertz CT molecular complexity index is 667. The van der Waals surface area contributed by atoms with E-state index in [4.69, 9.17) is 0 Å². The number of alkyl halides is 3. The molecular formula is C16H15F3N2O2. The number of aryl methyl sites for hydroxylation is 1. The molecule has 0 N–H and O–H groups in total. The van der Waals surface area contributed by atoms with Gasteiger partial charge in [0.05, 0.1) is 5.56 Å². The van der Waals surface area contributed by atoms with E-state index in [1.165, 1.54) is 35.4 Å². The monoisotopic (exact) mass is 324 g/mol. The second-order valence-corrected chi connectivity index (χ2v) is 5.04. The molecule has 2 aromatic rings. The molecule has 0 unspecified atom stereocenters. The van der Waals surface area contributed by atoms with Gasteiger partial charge in [-0.25, -0.2) is 0 Å². The topological polar surface area (TPSA) is 42.4 Å². The molecule has 0 bridgehead atoms. The van der Waals surface area contributed by atoms with Crippen LogP contribution in [-0.4, -0.2) is 29.2 Å². The third-order valence-electron chi connectivity index (χ3n) is 3.08. The summed E-state index contributed by atoms with van der Waals surface area (Å²) in [5.41, 5.74) is 1.95. The maximum atomic E-state index is 12.2. The number of hydrogen-bond acceptors (Lipinski definition) is 3. The van der Waals surface area contributed by atoms with Crippen LogP contribution in [-0.2, 0) is 6.54 Å². The summed E-state index contributed by atoms with van der Waals surface area (Å²) in [7, 11) is 1.61. The lowest BCUT2D eigenvalue weighted by Crippen LogP contribution is -2.26. The Hall–Kier alpha value is -2.57. The van der Waals surface area contributed by atoms with Gasteiger partial charge in [0, 0.05) is 25.5 Å². The predicted molar refractivity (Wildman–Crippen MR) is 77.9 cm³/mol. The highest BCUT2D eigenvalue weighted by Crippen LogP contribution is 2.23. The van der Waals surface area contributed by atoms with Crippen LogP contribution in [0.2, 0.25) is 0 Å². The highest BCUT2D eigenvalue weighted by molar-refractivity contribution is 5.93. The summed E-state index contributed by atoms with van der Waals surface area (Å²) >= 11 is 0. The quantitative estimate of drug-likeness (QED) is 0.863. The van der Waals surface area contributed by atoms with Crippen molar-refractivity contribution in [3.63, 3.8) is 0 Å². The van der Waals surface area contributed by atoms with Crippen LogP contribution in [0.3, 0.4) is 0 Å². The van der Waals surface area contributed by atoms with E-state index in [-0.39, 0.29) is 18.2 Å². The van der Waals surface area contributed by atoms with Gasteiger partial charge in [0.15, 0.2) is 0 Å². The van der Waals surface area contributed by atoms with Crippen LogP contribution in [0.1, 0.15) is 21.6 Å². The minimum Gasteiger partial charge on any atom is -0.406 e. The maximum absolute atomic E-state index is 12.2. The fourth-order valence-corrected chi connectivity index (χ4v) is 1.96. The number of carbonyl (C=O) groups is 1. The number of amides is 1. The lowest BCUT2D eigenvalue weighted by molar-refractivity contribution is -0.274. The molecule has 1 heterocycles. The van der Waals surface area contributed by atoms with Crippen molar-refractivity contribution >= 4 is 5.91 Å². The van der Waals surface area contributed by atoms with Gasteiger partial charge in [0.1, 0.15) is 5.75 Å². The standard InChI is InChI=1S/C16H15F3N2O2/c1-11-3-6-13(9-20-11)15(22)21(2)10-12-4-7-14(8-5-12)23-16(17,18)19/h3-9H,10H2,1-2H3. The molecule has 4 nitrogen and oxygen atoms in total. The van der Waals surface area contributed by atoms with E-state index in [9.17, 15) is 18.0 Å². The highest BCUT2D eigenvalue weighted by Gasteiger charge is 2.30. The molecule has 0 aliphatic carbocycles. The molecule has 23 heavy (non-hydrogen) atoms. The molecule has 1 aromatic carbocycles. The predicted octanol–water partition coefficient (Wildman–Crippen LogP) is 3.56. The molecule has 1 aromatic heterocycles. The van der Waals surface area contributed by atoms with Gasteiger partial charge in [-0.05, 0) is 36.8 Å². The van der Waals surface area contributed by atoms with Crippen LogP contribution >= 0.6 is 0 Å². The van der Waals surface area contributed by atoms with Crippen molar-refractivity contribution < 1.29 is 22.7 Å². The number of rotatable bonds is 4. The van der Waals surface area contributed by atoms with E-state index in [1.807, 2.05) is 6.92 Å². The van der Waals surface area contributed by atoms with Crippen molar-refractivity contribution in [2.75, 3.05) is 7.05 Å². The molecule has 0 saturated carbocycles. The first-order valence-corrected chi connectivity index (χ1v) is 6.77. The summed E-state index contributed by atoms with van der Waals surface area (Å²) in [4.78, 5) is 17.8. The van der Waals surface area contributed by atoms with Crippen LogP contribution in [0, 0.1) is 6.92 Å². The fourth-order valence-electron chi connectivity index (χ4n) is 1.96. The minimum atomic E-state index is -4.72. The van der Waals surface area contributed by atoms with Gasteiger partial charge in [-0.3, -0.25) is 9.78 Å². The van der Waals surface area contributed by atoms with Gasteiger partial charge >= 0.3 is 6.36 Å². The van der Waals surface area contributed by atoms with E-state index in [1.54, 1.807) is 19.2 Å². The van der Waals surface area contributed by atoms with E-state index in [0.29, 0.717) is 11.1 Å². The van der Waals surface area contributed by atoms with Gasteiger partial charge < -0.3 is 9.64 Å². The number of nitrogens with zero attached hydrogens (tertiary/aromatic N) is 2. The zero-order valence-corrected chi connectivity index (χ0v) is 12.6. The third kappa shape index (κ3) is 4.98. The second kappa shape index (κ2) is 6.68. The summed E-state index contributed by atoms with van der Waals surface area (Å²) in [5, 5.41) is 0. The third-order valence-corrected chi connectivity index (χ3v) is 3.08. The van der Waals surface area contributed by atoms with Gasteiger partial charge in [0.25, 0.3) is 5.91 Å². The molecule has 0 fully saturated rings. The first kappa shape index (κ1) is 16.8. The zero-order valence-electron chi connectivity index (χ0n) is 12.6. The number of carbonyl (C=O) groups excluding carboxylic acids is 1. The zero-order chi connectivity index (χ0) is 17.0. The first-order chi connectivity index (χ1) is 10.7. The molecule has 0 radical (unpaired) electrons. The van der Waals surface area contributed by atoms with Crippen molar-refractivity contribution in [1.82, 2.24) is 9.88 Å². The van der Waals surface area contributed by atoms with E-state index in [0.717, 1.165) is 5.69 Å². The smallest absolute Gasteiger partial charge is 0.406 e. The molecular weight excluding hydrogens is 309 g/mol. The van der Waals surface area contributed by atoms with Gasteiger partial charge in [-0.2, -0.15) is 0 Å². The Kier molecular flexibility index (Phi) is 4.88. The average molecular weight is 324 g/mol. The van der Waals surface area contributed by atoms with Crippen LogP contribution in [0.5, 0.6) is 5.75 Å². The number of pyridine rings is 1. The summed E-state index contributed by atoms with van der Waals surface area (Å²) in [5.74, 6) is -0.508. The van der Waals surface area contributed by atoms with E-state index in [2.05, 4.69) is 9.72 Å². The van der Waals surface area contributed by atoms with Crippen molar-refractivity contribution in [1.29, 1.82) is 0 Å². The molecule has 0 atom stereocenters. The summed E-state index contributed by atoms with van der Waals surface area (Å²) in [6.07, 6.45) is -3.22. The Labute approximate surface area is 131 Å². The summed E-state index contributed by atoms with van der Waals surface area (Å²) < 4.78 is 40.1. The molecule has 0 spiro atoms. The largest absolute Gasteiger partial charge is 0.573 e. The van der Waals surface area contributed by atoms with E-state index >= 15 is 0 Å². The summed E-state index contributed by atoms with van der Waals surface area (Å²) in [6, 6.07) is 8.82. The average Bonchev–Trinajstić information content (AvgIpc) is 2.48. The second-order valence-electron chi connectivity index (χ2n) is 5.04. The lowest BCUT2D eigenvalue weighted by Gasteiger charge is -2.17. The van der Waals surface area contributed by atoms with E-state index < -0.39 is 6.36 Å². The Morgan fingerprint density at radius 1 is 1.17 bits per heavy atom. The highest BCUT2D eigenvalue weighted by atomic mass is 19.4. The van der Waals surface area contributed by atoms with Crippen LogP contribution in [0.25, 0.3) is 0 Å². The Balaban J connectivity index is 2.01. The molecule has 122 valence electrons. The van der Waals surface area contributed by atoms with Crippen LogP contribution in [0.4, 0.5) is 13.2 Å². The van der Waals surface area contributed by atoms with Gasteiger partial charge in [-0.1, -0.05) is 12.1 Å². The lowest BCUT2D eigenvalue weighted by atomic mass is 10.2. The molecule has 7 heteroatoms. The summed E-state index contributed by atoms with van der Waals surface area (Å²) in [6.45, 7) is 2.08. The van der Waals surface area contributed by atoms with Crippen molar-refractivity contribution in [2.45, 2.75) is 19.8 Å². The fraction of sp³-hybridized carbons (Fsp3) is 0.250. The molecule has 0 aliphatic rings. The van der Waals surface area contributed by atoms with Crippen molar-refractivity contribution in [2.24, 2.45) is 0 Å². The number of halogens is 3. The van der Waals surface area contributed by atoms with Crippen LogP contribution < -0.4 is 4.74 Å². The van der Waals surface area contributed by atoms with Crippen molar-refractivity contribution in [3.8, 4) is 5.75 Å². The molecule has 0 saturated heterocycles. The first-order valence-electron chi connectivity index (χ1n) is 6.77. The normalized spacial score (nSPS) is 11.2. The SMILES string of the molecule is Cc1ccc(C(=O)N(C)Cc2ccc(OC(F)(F)F)cc2)cn1. The van der Waals surface area contributed by atoms with Gasteiger partial charge in [0.2, 0.25) is 0 Å². The molecule has 2 rings (SSSR count). The molecule has 1 amide bonds. The molecule has 0 aliphatic heterocycles. The van der Waals surface area contributed by atoms with Gasteiger partial charge in [-0.15, -0.1) is 13.2 Å². The number of hydrogen-bond donors (Lipinski definition) is 0. The maximum Gasteiger partial charge on any atom is 0.573 e.